The first-order valence-electron chi connectivity index (χ1n) is 9.62. The van der Waals surface area contributed by atoms with Crippen molar-refractivity contribution in [1.29, 1.82) is 0 Å². The van der Waals surface area contributed by atoms with Crippen LogP contribution in [-0.4, -0.2) is 41.2 Å². The van der Waals surface area contributed by atoms with Crippen LogP contribution < -0.4 is 14.8 Å². The van der Waals surface area contributed by atoms with E-state index in [0.717, 1.165) is 24.0 Å². The lowest BCUT2D eigenvalue weighted by Gasteiger charge is -2.16. The first kappa shape index (κ1) is 21.8. The number of aryl methyl sites for hydroxylation is 1. The van der Waals surface area contributed by atoms with Gasteiger partial charge in [-0.15, -0.1) is 5.10 Å². The number of carbonyl (C=O) groups is 1. The van der Waals surface area contributed by atoms with Gasteiger partial charge >= 0.3 is 0 Å². The van der Waals surface area contributed by atoms with Crippen molar-refractivity contribution in [1.82, 2.24) is 15.0 Å². The molecule has 1 aliphatic heterocycles. The fourth-order valence-electron chi connectivity index (χ4n) is 3.43. The van der Waals surface area contributed by atoms with Gasteiger partial charge < -0.3 is 14.8 Å². The molecule has 0 saturated heterocycles. The molecule has 32 heavy (non-hydrogen) atoms. The van der Waals surface area contributed by atoms with Crippen molar-refractivity contribution in [3.63, 3.8) is 0 Å². The molecule has 168 valence electrons. The van der Waals surface area contributed by atoms with Crippen LogP contribution in [0.15, 0.2) is 41.4 Å². The summed E-state index contributed by atoms with van der Waals surface area (Å²) in [4.78, 5) is 13.7. The van der Waals surface area contributed by atoms with E-state index in [4.69, 9.17) is 9.47 Å². The van der Waals surface area contributed by atoms with E-state index in [9.17, 15) is 17.6 Å². The van der Waals surface area contributed by atoms with Gasteiger partial charge in [-0.1, -0.05) is 0 Å². The molecule has 0 fully saturated rings. The molecule has 0 radical (unpaired) electrons. The summed E-state index contributed by atoms with van der Waals surface area (Å²) < 4.78 is 49.5. The van der Waals surface area contributed by atoms with E-state index < -0.39 is 32.1 Å². The lowest BCUT2D eigenvalue weighted by molar-refractivity contribution is 0.102. The van der Waals surface area contributed by atoms with Crippen molar-refractivity contribution in [3.05, 3.63) is 53.5 Å². The van der Waals surface area contributed by atoms with Crippen LogP contribution in [0.2, 0.25) is 0 Å². The zero-order valence-electron chi connectivity index (χ0n) is 17.8. The lowest BCUT2D eigenvalue weighted by atomic mass is 9.99. The van der Waals surface area contributed by atoms with Gasteiger partial charge in [0.25, 0.3) is 5.91 Å². The number of nitrogens with zero attached hydrogens (tertiary/aromatic N) is 3. The van der Waals surface area contributed by atoms with Crippen molar-refractivity contribution in [2.24, 2.45) is 7.05 Å². The Bertz CT molecular complexity index is 1330. The number of benzene rings is 2. The van der Waals surface area contributed by atoms with Crippen LogP contribution in [0.1, 0.15) is 29.8 Å². The highest BCUT2D eigenvalue weighted by Gasteiger charge is 2.34. The Morgan fingerprint density at radius 3 is 2.66 bits per heavy atom. The molecule has 2 heterocycles. The maximum absolute atomic E-state index is 14.3. The normalized spacial score (nSPS) is 14.5. The largest absolute Gasteiger partial charge is 0.487 e. The molecule has 3 aromatic rings. The SMILES string of the molecule is Cn1ncc(NC(=O)c2cc(Oc3ccc(S(C)(=O)=O)c(F)c3)c3c(c2)OC(C)(C)C3)n1. The second-order valence-corrected chi connectivity index (χ2v) is 10.1. The maximum Gasteiger partial charge on any atom is 0.257 e. The van der Waals surface area contributed by atoms with Crippen molar-refractivity contribution in [2.75, 3.05) is 11.6 Å². The smallest absolute Gasteiger partial charge is 0.257 e. The number of nitrogens with one attached hydrogen (secondary N) is 1. The topological polar surface area (TPSA) is 112 Å². The first-order chi connectivity index (χ1) is 14.9. The van der Waals surface area contributed by atoms with Gasteiger partial charge in [-0.2, -0.15) is 9.90 Å². The number of hydrogen-bond donors (Lipinski definition) is 1. The number of ether oxygens (including phenoxy) is 2. The molecule has 0 saturated carbocycles. The molecule has 1 aromatic heterocycles. The summed E-state index contributed by atoms with van der Waals surface area (Å²) >= 11 is 0. The van der Waals surface area contributed by atoms with Crippen molar-refractivity contribution >= 4 is 21.6 Å². The molecule has 9 nitrogen and oxygen atoms in total. The lowest BCUT2D eigenvalue weighted by Crippen LogP contribution is -2.24. The molecule has 0 spiro atoms. The van der Waals surface area contributed by atoms with Crippen LogP contribution in [0.25, 0.3) is 0 Å². The third kappa shape index (κ3) is 4.42. The Labute approximate surface area is 184 Å². The molecule has 4 rings (SSSR count). The number of halogens is 1. The molecule has 11 heteroatoms. The molecule has 2 aromatic carbocycles. The zero-order chi connectivity index (χ0) is 23.3. The highest BCUT2D eigenvalue weighted by atomic mass is 32.2. The molecular weight excluding hydrogens is 439 g/mol. The van der Waals surface area contributed by atoms with Gasteiger partial charge in [-0.25, -0.2) is 12.8 Å². The van der Waals surface area contributed by atoms with Gasteiger partial charge in [-0.05, 0) is 38.1 Å². The average Bonchev–Trinajstić information content (AvgIpc) is 3.21. The number of fused-ring (bicyclic) bond motifs is 1. The van der Waals surface area contributed by atoms with Gasteiger partial charge in [0.05, 0.1) is 6.20 Å². The van der Waals surface area contributed by atoms with Gasteiger partial charge in [0.15, 0.2) is 15.7 Å². The molecule has 0 aliphatic carbocycles. The number of anilines is 1. The Hall–Kier alpha value is -3.47. The highest BCUT2D eigenvalue weighted by molar-refractivity contribution is 7.90. The molecule has 0 atom stereocenters. The van der Waals surface area contributed by atoms with Gasteiger partial charge in [0, 0.05) is 36.9 Å². The van der Waals surface area contributed by atoms with E-state index in [1.54, 1.807) is 13.1 Å². The Morgan fingerprint density at radius 1 is 1.28 bits per heavy atom. The standard InChI is InChI=1S/C21H21FN4O5S/c1-21(2)10-14-16(30-13-5-6-18(15(22)9-13)32(4,28)29)7-12(8-17(14)31-21)20(27)24-19-11-23-26(3)25-19/h5-9,11H,10H2,1-4H3,(H,24,25,27). The molecule has 0 bridgehead atoms. The summed E-state index contributed by atoms with van der Waals surface area (Å²) in [5, 5.41) is 10.6. The predicted octanol–water partition coefficient (Wildman–Crippen LogP) is 3.12. The summed E-state index contributed by atoms with van der Waals surface area (Å²) in [7, 11) is -2.08. The third-order valence-corrected chi connectivity index (χ3v) is 5.92. The first-order valence-corrected chi connectivity index (χ1v) is 11.5. The summed E-state index contributed by atoms with van der Waals surface area (Å²) in [6, 6.07) is 6.63. The minimum atomic E-state index is -3.71. The summed E-state index contributed by atoms with van der Waals surface area (Å²) in [6.45, 7) is 3.80. The molecule has 1 amide bonds. The van der Waals surface area contributed by atoms with Crippen LogP contribution in [0.5, 0.6) is 17.2 Å². The number of carbonyl (C=O) groups excluding carboxylic acids is 1. The summed E-state index contributed by atoms with van der Waals surface area (Å²) in [6.07, 6.45) is 2.85. The minimum Gasteiger partial charge on any atom is -0.487 e. The van der Waals surface area contributed by atoms with Crippen LogP contribution in [0.4, 0.5) is 10.2 Å². The molecule has 1 aliphatic rings. The van der Waals surface area contributed by atoms with E-state index in [1.165, 1.54) is 23.1 Å². The summed E-state index contributed by atoms with van der Waals surface area (Å²) in [5.41, 5.74) is 0.445. The van der Waals surface area contributed by atoms with E-state index in [2.05, 4.69) is 15.5 Å². The van der Waals surface area contributed by atoms with E-state index in [-0.39, 0.29) is 17.1 Å². The van der Waals surface area contributed by atoms with Crippen LogP contribution >= 0.6 is 0 Å². The fourth-order valence-corrected chi connectivity index (χ4v) is 4.16. The van der Waals surface area contributed by atoms with E-state index >= 15 is 0 Å². The predicted molar refractivity (Wildman–Crippen MR) is 113 cm³/mol. The average molecular weight is 460 g/mol. The molecular formula is C21H21FN4O5S. The number of rotatable bonds is 5. The zero-order valence-corrected chi connectivity index (χ0v) is 18.7. The summed E-state index contributed by atoms with van der Waals surface area (Å²) in [5.74, 6) is -0.220. The van der Waals surface area contributed by atoms with Crippen molar-refractivity contribution in [3.8, 4) is 17.2 Å². The van der Waals surface area contributed by atoms with Crippen LogP contribution in [-0.2, 0) is 23.3 Å². The van der Waals surface area contributed by atoms with Gasteiger partial charge in [-0.3, -0.25) is 4.79 Å². The third-order valence-electron chi connectivity index (χ3n) is 4.79. The van der Waals surface area contributed by atoms with Crippen molar-refractivity contribution in [2.45, 2.75) is 30.8 Å². The monoisotopic (exact) mass is 460 g/mol. The number of aromatic nitrogens is 3. The minimum absolute atomic E-state index is 0.0910. The number of amides is 1. The Kier molecular flexibility index (Phi) is 5.16. The van der Waals surface area contributed by atoms with Crippen LogP contribution in [0.3, 0.4) is 0 Å². The number of sulfone groups is 1. The Balaban J connectivity index is 1.70. The van der Waals surface area contributed by atoms with Crippen molar-refractivity contribution < 1.29 is 27.1 Å². The molecule has 0 unspecified atom stereocenters. The Morgan fingerprint density at radius 2 is 2.03 bits per heavy atom. The fraction of sp³-hybridized carbons (Fsp3) is 0.286. The van der Waals surface area contributed by atoms with Crippen LogP contribution in [0, 0.1) is 5.82 Å². The molecule has 1 N–H and O–H groups in total. The van der Waals surface area contributed by atoms with Gasteiger partial charge in [0.1, 0.15) is 33.6 Å². The second-order valence-electron chi connectivity index (χ2n) is 8.13. The highest BCUT2D eigenvalue weighted by Crippen LogP contribution is 2.43. The van der Waals surface area contributed by atoms with Gasteiger partial charge in [0.2, 0.25) is 0 Å². The van der Waals surface area contributed by atoms with E-state index in [0.29, 0.717) is 17.9 Å². The van der Waals surface area contributed by atoms with E-state index in [1.807, 2.05) is 13.8 Å². The second kappa shape index (κ2) is 7.59. The number of hydrogen-bond acceptors (Lipinski definition) is 7. The maximum atomic E-state index is 14.3. The quantitative estimate of drug-likeness (QED) is 0.622.